The van der Waals surface area contributed by atoms with Crippen LogP contribution in [0, 0.1) is 18.3 Å². The Morgan fingerprint density at radius 3 is 2.72 bits per heavy atom. The number of aromatic nitrogens is 1. The molecule has 6 heteroatoms. The SMILES string of the molecule is Cc1cc2c(c(=O)n1C1CC1)[C@@H](c1ccccc1Cl)C(C#N)=C(N)O2. The van der Waals surface area contributed by atoms with Crippen molar-refractivity contribution in [2.45, 2.75) is 31.7 Å². The van der Waals surface area contributed by atoms with Gasteiger partial charge in [0, 0.05) is 22.8 Å². The Hall–Kier alpha value is -2.71. The number of aryl methyl sites for hydroxylation is 1. The maximum atomic E-state index is 13.2. The van der Waals surface area contributed by atoms with Crippen LogP contribution in [-0.2, 0) is 0 Å². The van der Waals surface area contributed by atoms with E-state index < -0.39 is 5.92 Å². The van der Waals surface area contributed by atoms with Crippen molar-refractivity contribution in [1.82, 2.24) is 4.57 Å². The molecule has 0 unspecified atom stereocenters. The molecule has 5 nitrogen and oxygen atoms in total. The fraction of sp³-hybridized carbons (Fsp3) is 0.263. The number of nitriles is 1. The summed E-state index contributed by atoms with van der Waals surface area (Å²) in [6.45, 7) is 1.88. The molecule has 126 valence electrons. The van der Waals surface area contributed by atoms with Crippen molar-refractivity contribution < 1.29 is 4.74 Å². The molecule has 0 saturated heterocycles. The summed E-state index contributed by atoms with van der Waals surface area (Å²) in [5, 5.41) is 10.1. The molecule has 1 saturated carbocycles. The van der Waals surface area contributed by atoms with Gasteiger partial charge in [-0.3, -0.25) is 4.79 Å². The third kappa shape index (κ3) is 2.41. The summed E-state index contributed by atoms with van der Waals surface area (Å²) in [6.07, 6.45) is 1.97. The Bertz CT molecular complexity index is 1010. The van der Waals surface area contributed by atoms with Crippen LogP contribution in [0.15, 0.2) is 46.6 Å². The molecule has 2 aliphatic rings. The van der Waals surface area contributed by atoms with E-state index in [2.05, 4.69) is 6.07 Å². The monoisotopic (exact) mass is 353 g/mol. The standard InChI is InChI=1S/C19H16ClN3O2/c1-10-8-15-17(19(24)23(10)11-6-7-11)16(13(9-21)18(22)25-15)12-4-2-3-5-14(12)20/h2-5,8,11,16H,6-7,22H2,1H3/t16-/m0/s1. The lowest BCUT2D eigenvalue weighted by Gasteiger charge is -2.27. The number of fused-ring (bicyclic) bond motifs is 1. The van der Waals surface area contributed by atoms with E-state index in [-0.39, 0.29) is 23.1 Å². The molecule has 4 rings (SSSR count). The van der Waals surface area contributed by atoms with Crippen molar-refractivity contribution in [3.63, 3.8) is 0 Å². The highest BCUT2D eigenvalue weighted by atomic mass is 35.5. The lowest BCUT2D eigenvalue weighted by atomic mass is 9.84. The van der Waals surface area contributed by atoms with Crippen LogP contribution in [0.1, 0.15) is 41.6 Å². The molecule has 1 aromatic heterocycles. The lowest BCUT2D eigenvalue weighted by molar-refractivity contribution is 0.388. The molecule has 25 heavy (non-hydrogen) atoms. The molecular formula is C19H16ClN3O2. The zero-order chi connectivity index (χ0) is 17.7. The first-order valence-corrected chi connectivity index (χ1v) is 8.48. The molecule has 1 aliphatic carbocycles. The Labute approximate surface area is 149 Å². The molecular weight excluding hydrogens is 338 g/mol. The van der Waals surface area contributed by atoms with Crippen molar-refractivity contribution in [2.24, 2.45) is 5.73 Å². The molecule has 1 aromatic carbocycles. The molecule has 2 heterocycles. The smallest absolute Gasteiger partial charge is 0.258 e. The number of nitrogens with zero attached hydrogens (tertiary/aromatic N) is 2. The fourth-order valence-electron chi connectivity index (χ4n) is 3.47. The van der Waals surface area contributed by atoms with Crippen molar-refractivity contribution in [3.8, 4) is 11.8 Å². The molecule has 2 aromatic rings. The van der Waals surface area contributed by atoms with Crippen molar-refractivity contribution in [3.05, 3.63) is 74.0 Å². The Morgan fingerprint density at radius 2 is 2.08 bits per heavy atom. The lowest BCUT2D eigenvalue weighted by Crippen LogP contribution is -2.32. The van der Waals surface area contributed by atoms with Crippen LogP contribution >= 0.6 is 11.6 Å². The minimum Gasteiger partial charge on any atom is -0.440 e. The first-order valence-electron chi connectivity index (χ1n) is 8.11. The minimum absolute atomic E-state index is 0.0166. The van der Waals surface area contributed by atoms with E-state index in [1.54, 1.807) is 10.6 Å². The molecule has 1 aliphatic heterocycles. The number of benzene rings is 1. The molecule has 1 fully saturated rings. The average molecular weight is 354 g/mol. The maximum Gasteiger partial charge on any atom is 0.258 e. The zero-order valence-corrected chi connectivity index (χ0v) is 14.4. The highest BCUT2D eigenvalue weighted by molar-refractivity contribution is 6.31. The highest BCUT2D eigenvalue weighted by Crippen LogP contribution is 2.44. The van der Waals surface area contributed by atoms with Crippen LogP contribution in [0.2, 0.25) is 5.02 Å². The van der Waals surface area contributed by atoms with Crippen LogP contribution < -0.4 is 16.0 Å². The predicted octanol–water partition coefficient (Wildman–Crippen LogP) is 3.36. The van der Waals surface area contributed by atoms with Crippen molar-refractivity contribution >= 4 is 11.6 Å². The number of pyridine rings is 1. The Kier molecular flexibility index (Phi) is 3.59. The van der Waals surface area contributed by atoms with Gasteiger partial charge in [0.25, 0.3) is 5.56 Å². The van der Waals surface area contributed by atoms with Gasteiger partial charge in [-0.1, -0.05) is 29.8 Å². The van der Waals surface area contributed by atoms with Gasteiger partial charge in [0.1, 0.15) is 17.4 Å². The molecule has 0 amide bonds. The summed E-state index contributed by atoms with van der Waals surface area (Å²) in [4.78, 5) is 13.2. The second-order valence-electron chi connectivity index (χ2n) is 6.42. The van der Waals surface area contributed by atoms with Gasteiger partial charge in [0.2, 0.25) is 5.88 Å². The molecule has 1 atom stereocenters. The minimum atomic E-state index is -0.624. The van der Waals surface area contributed by atoms with Gasteiger partial charge in [0.15, 0.2) is 0 Å². The van der Waals surface area contributed by atoms with Crippen LogP contribution in [-0.4, -0.2) is 4.57 Å². The molecule has 0 bridgehead atoms. The summed E-state index contributed by atoms with van der Waals surface area (Å²) >= 11 is 6.37. The number of halogens is 1. The first-order chi connectivity index (χ1) is 12.0. The normalized spacial score (nSPS) is 19.2. The topological polar surface area (TPSA) is 81.0 Å². The molecule has 2 N–H and O–H groups in total. The van der Waals surface area contributed by atoms with E-state index in [0.717, 1.165) is 18.5 Å². The van der Waals surface area contributed by atoms with Gasteiger partial charge in [-0.25, -0.2) is 0 Å². The number of hydrogen-bond acceptors (Lipinski definition) is 4. The van der Waals surface area contributed by atoms with E-state index >= 15 is 0 Å². The van der Waals surface area contributed by atoms with E-state index in [9.17, 15) is 10.1 Å². The molecule has 0 radical (unpaired) electrons. The predicted molar refractivity (Wildman–Crippen MR) is 94.5 cm³/mol. The van der Waals surface area contributed by atoms with Crippen LogP contribution in [0.4, 0.5) is 0 Å². The summed E-state index contributed by atoms with van der Waals surface area (Å²) in [5.74, 6) is -0.204. The fourth-order valence-corrected chi connectivity index (χ4v) is 3.71. The van der Waals surface area contributed by atoms with E-state index in [0.29, 0.717) is 21.9 Å². The van der Waals surface area contributed by atoms with Gasteiger partial charge in [-0.05, 0) is 31.4 Å². The third-order valence-corrected chi connectivity index (χ3v) is 5.09. The number of allylic oxidation sites excluding steroid dienone is 1. The number of rotatable bonds is 2. The summed E-state index contributed by atoms with van der Waals surface area (Å²) < 4.78 is 7.42. The quantitative estimate of drug-likeness (QED) is 0.897. The Balaban J connectivity index is 2.04. The van der Waals surface area contributed by atoms with Crippen molar-refractivity contribution in [2.75, 3.05) is 0 Å². The number of ether oxygens (including phenoxy) is 1. The van der Waals surface area contributed by atoms with E-state index in [1.165, 1.54) is 0 Å². The van der Waals surface area contributed by atoms with E-state index in [1.807, 2.05) is 31.2 Å². The van der Waals surface area contributed by atoms with Crippen molar-refractivity contribution in [1.29, 1.82) is 5.26 Å². The van der Waals surface area contributed by atoms with Crippen LogP contribution in [0.3, 0.4) is 0 Å². The maximum absolute atomic E-state index is 13.2. The number of hydrogen-bond donors (Lipinski definition) is 1. The van der Waals surface area contributed by atoms with Gasteiger partial charge in [-0.15, -0.1) is 0 Å². The highest BCUT2D eigenvalue weighted by Gasteiger charge is 2.37. The zero-order valence-electron chi connectivity index (χ0n) is 13.6. The molecule has 0 spiro atoms. The van der Waals surface area contributed by atoms with Crippen LogP contribution in [0.5, 0.6) is 5.75 Å². The second kappa shape index (κ2) is 5.68. The summed E-state index contributed by atoms with van der Waals surface area (Å²) in [6, 6.07) is 11.3. The Morgan fingerprint density at radius 1 is 1.36 bits per heavy atom. The van der Waals surface area contributed by atoms with Gasteiger partial charge >= 0.3 is 0 Å². The summed E-state index contributed by atoms with van der Waals surface area (Å²) in [5.41, 5.74) is 7.99. The third-order valence-electron chi connectivity index (χ3n) is 4.75. The van der Waals surface area contributed by atoms with E-state index in [4.69, 9.17) is 22.1 Å². The number of nitrogens with two attached hydrogens (primary N) is 1. The van der Waals surface area contributed by atoms with Gasteiger partial charge in [-0.2, -0.15) is 5.26 Å². The summed E-state index contributed by atoms with van der Waals surface area (Å²) in [7, 11) is 0. The largest absolute Gasteiger partial charge is 0.440 e. The van der Waals surface area contributed by atoms with Crippen LogP contribution in [0.25, 0.3) is 0 Å². The second-order valence-corrected chi connectivity index (χ2v) is 6.82. The van der Waals surface area contributed by atoms with Gasteiger partial charge in [0.05, 0.1) is 11.5 Å². The van der Waals surface area contributed by atoms with Gasteiger partial charge < -0.3 is 15.0 Å². The first kappa shape index (κ1) is 15.8. The average Bonchev–Trinajstić information content (AvgIpc) is 3.39.